The first-order valence-electron chi connectivity index (χ1n) is 7.49. The Morgan fingerprint density at radius 1 is 0.714 bits per heavy atom. The fourth-order valence-corrected chi connectivity index (χ4v) is 1.88. The second-order valence-corrected chi connectivity index (χ2v) is 5.81. The van der Waals surface area contributed by atoms with Gasteiger partial charge in [-0.05, 0) is 6.42 Å². The van der Waals surface area contributed by atoms with Crippen LogP contribution < -0.4 is 0 Å². The number of phosphoric acid groups is 1. The first-order valence-corrected chi connectivity index (χ1v) is 9.02. The van der Waals surface area contributed by atoms with E-state index in [0.29, 0.717) is 26.4 Å². The zero-order valence-corrected chi connectivity index (χ0v) is 13.8. The molecule has 0 atom stereocenters. The molecule has 0 aromatic heterocycles. The van der Waals surface area contributed by atoms with Crippen LogP contribution >= 0.6 is 7.82 Å². The van der Waals surface area contributed by atoms with Gasteiger partial charge in [0.05, 0.1) is 39.6 Å². The molecule has 0 heterocycles. The predicted molar refractivity (Wildman–Crippen MR) is 79.2 cm³/mol. The first kappa shape index (κ1) is 21.0. The smallest absolute Gasteiger partial charge is 0.379 e. The summed E-state index contributed by atoms with van der Waals surface area (Å²) in [4.78, 5) is 16.8. The molecule has 0 saturated heterocycles. The lowest BCUT2D eigenvalue weighted by Gasteiger charge is -2.07. The van der Waals surface area contributed by atoms with E-state index in [0.717, 1.165) is 13.0 Å². The lowest BCUT2D eigenvalue weighted by Crippen LogP contribution is -2.11. The zero-order chi connectivity index (χ0) is 15.8. The van der Waals surface area contributed by atoms with Crippen molar-refractivity contribution in [3.05, 3.63) is 0 Å². The maximum atomic E-state index is 10.3. The van der Waals surface area contributed by atoms with Crippen molar-refractivity contribution in [1.29, 1.82) is 0 Å². The molecule has 128 valence electrons. The van der Waals surface area contributed by atoms with Crippen LogP contribution in [0.5, 0.6) is 0 Å². The largest absolute Gasteiger partial charge is 0.469 e. The Balaban J connectivity index is 3.01. The van der Waals surface area contributed by atoms with E-state index in [9.17, 15) is 4.57 Å². The Labute approximate surface area is 127 Å². The molecular weight excluding hydrogens is 299 g/mol. The van der Waals surface area contributed by atoms with E-state index in [-0.39, 0.29) is 13.2 Å². The lowest BCUT2D eigenvalue weighted by atomic mass is 10.2. The van der Waals surface area contributed by atoms with Gasteiger partial charge in [-0.2, -0.15) is 0 Å². The molecule has 0 aliphatic carbocycles. The summed E-state index contributed by atoms with van der Waals surface area (Å²) in [6.07, 6.45) is 6.14. The zero-order valence-electron chi connectivity index (χ0n) is 12.9. The summed E-state index contributed by atoms with van der Waals surface area (Å²) in [5, 5.41) is 0. The van der Waals surface area contributed by atoms with E-state index < -0.39 is 7.82 Å². The third-order valence-electron chi connectivity index (χ3n) is 2.62. The highest BCUT2D eigenvalue weighted by Crippen LogP contribution is 2.35. The molecule has 0 rings (SSSR count). The van der Waals surface area contributed by atoms with Crippen molar-refractivity contribution in [2.24, 2.45) is 0 Å². The fraction of sp³-hybridized carbons (Fsp3) is 1.00. The molecule has 0 fully saturated rings. The molecular formula is C13H29O7P. The fourth-order valence-electron chi connectivity index (χ4n) is 1.56. The van der Waals surface area contributed by atoms with Crippen LogP contribution in [-0.4, -0.2) is 56.0 Å². The highest BCUT2D eigenvalue weighted by atomic mass is 31.2. The Hall–Kier alpha value is -0.0100. The van der Waals surface area contributed by atoms with Crippen molar-refractivity contribution in [2.75, 3.05) is 46.2 Å². The van der Waals surface area contributed by atoms with Gasteiger partial charge in [-0.15, -0.1) is 0 Å². The van der Waals surface area contributed by atoms with E-state index in [4.69, 9.17) is 24.0 Å². The van der Waals surface area contributed by atoms with Crippen molar-refractivity contribution >= 4 is 7.82 Å². The predicted octanol–water partition coefficient (Wildman–Crippen LogP) is 2.12. The number of hydrogen-bond donors (Lipinski definition) is 2. The molecule has 0 saturated carbocycles. The van der Waals surface area contributed by atoms with Crippen LogP contribution in [0, 0.1) is 0 Å². The van der Waals surface area contributed by atoms with Gasteiger partial charge >= 0.3 is 7.82 Å². The van der Waals surface area contributed by atoms with Crippen LogP contribution in [0.2, 0.25) is 0 Å². The Bertz CT molecular complexity index is 257. The Morgan fingerprint density at radius 2 is 1.19 bits per heavy atom. The summed E-state index contributed by atoms with van der Waals surface area (Å²) in [5.41, 5.74) is 0. The van der Waals surface area contributed by atoms with Crippen LogP contribution in [0.1, 0.15) is 39.0 Å². The molecule has 0 spiro atoms. The third-order valence-corrected chi connectivity index (χ3v) is 3.14. The molecule has 0 radical (unpaired) electrons. The lowest BCUT2D eigenvalue weighted by molar-refractivity contribution is 0.00703. The highest BCUT2D eigenvalue weighted by Gasteiger charge is 2.12. The van der Waals surface area contributed by atoms with Crippen LogP contribution in [-0.2, 0) is 23.3 Å². The van der Waals surface area contributed by atoms with Gasteiger partial charge in [-0.3, -0.25) is 4.52 Å². The van der Waals surface area contributed by atoms with Crippen LogP contribution in [0.3, 0.4) is 0 Å². The maximum Gasteiger partial charge on any atom is 0.469 e. The second kappa shape index (κ2) is 14.9. The van der Waals surface area contributed by atoms with Crippen LogP contribution in [0.25, 0.3) is 0 Å². The maximum absolute atomic E-state index is 10.3. The van der Waals surface area contributed by atoms with Crippen molar-refractivity contribution in [2.45, 2.75) is 39.0 Å². The average Bonchev–Trinajstić information content (AvgIpc) is 2.42. The summed E-state index contributed by atoms with van der Waals surface area (Å²) in [6.45, 7) is 4.86. The highest BCUT2D eigenvalue weighted by molar-refractivity contribution is 7.46. The molecule has 0 aliphatic rings. The molecule has 2 N–H and O–H groups in total. The van der Waals surface area contributed by atoms with Crippen LogP contribution in [0.15, 0.2) is 0 Å². The second-order valence-electron chi connectivity index (χ2n) is 4.58. The number of rotatable bonds is 16. The van der Waals surface area contributed by atoms with Gasteiger partial charge in [0, 0.05) is 6.61 Å². The SMILES string of the molecule is CCCCCCCOCCOCCOCCOP(=O)(O)O. The van der Waals surface area contributed by atoms with E-state index in [2.05, 4.69) is 11.4 Å². The molecule has 21 heavy (non-hydrogen) atoms. The monoisotopic (exact) mass is 328 g/mol. The molecule has 0 aliphatic heterocycles. The van der Waals surface area contributed by atoms with E-state index in [1.807, 2.05) is 0 Å². The van der Waals surface area contributed by atoms with Crippen molar-refractivity contribution < 1.29 is 33.1 Å². The molecule has 0 aromatic carbocycles. The molecule has 7 nitrogen and oxygen atoms in total. The molecule has 8 heteroatoms. The standard InChI is InChI=1S/C13H29O7P/c1-2-3-4-5-6-7-17-8-9-18-10-11-19-12-13-20-21(14,15)16/h2-13H2,1H3,(H2,14,15,16). The van der Waals surface area contributed by atoms with E-state index in [1.54, 1.807) is 0 Å². The molecule has 0 bridgehead atoms. The summed E-state index contributed by atoms with van der Waals surface area (Å²) in [5.74, 6) is 0. The van der Waals surface area contributed by atoms with Gasteiger partial charge in [-0.1, -0.05) is 32.6 Å². The molecule has 0 aromatic rings. The van der Waals surface area contributed by atoms with Gasteiger partial charge in [0.2, 0.25) is 0 Å². The first-order chi connectivity index (χ1) is 10.1. The van der Waals surface area contributed by atoms with Crippen molar-refractivity contribution in [1.82, 2.24) is 0 Å². The number of unbranched alkanes of at least 4 members (excludes halogenated alkanes) is 4. The van der Waals surface area contributed by atoms with Gasteiger partial charge in [0.1, 0.15) is 0 Å². The number of hydrogen-bond acceptors (Lipinski definition) is 5. The van der Waals surface area contributed by atoms with Gasteiger partial charge in [0.25, 0.3) is 0 Å². The van der Waals surface area contributed by atoms with Gasteiger partial charge < -0.3 is 24.0 Å². The average molecular weight is 328 g/mol. The normalized spacial score (nSPS) is 12.0. The quantitative estimate of drug-likeness (QED) is 0.331. The minimum absolute atomic E-state index is 0.128. The Morgan fingerprint density at radius 3 is 1.71 bits per heavy atom. The summed E-state index contributed by atoms with van der Waals surface area (Å²) in [7, 11) is -4.38. The van der Waals surface area contributed by atoms with E-state index >= 15 is 0 Å². The molecule has 0 amide bonds. The molecule has 0 unspecified atom stereocenters. The van der Waals surface area contributed by atoms with E-state index in [1.165, 1.54) is 25.7 Å². The summed E-state index contributed by atoms with van der Waals surface area (Å²) < 4.78 is 30.3. The minimum Gasteiger partial charge on any atom is -0.379 e. The van der Waals surface area contributed by atoms with Gasteiger partial charge in [0.15, 0.2) is 0 Å². The Kier molecular flexibility index (Phi) is 14.9. The number of phosphoric ester groups is 1. The van der Waals surface area contributed by atoms with Crippen molar-refractivity contribution in [3.63, 3.8) is 0 Å². The summed E-state index contributed by atoms with van der Waals surface area (Å²) >= 11 is 0. The minimum atomic E-state index is -4.38. The van der Waals surface area contributed by atoms with Crippen LogP contribution in [0.4, 0.5) is 0 Å². The third kappa shape index (κ3) is 20.0. The number of ether oxygens (including phenoxy) is 3. The van der Waals surface area contributed by atoms with Gasteiger partial charge in [-0.25, -0.2) is 4.57 Å². The topological polar surface area (TPSA) is 94.5 Å². The summed E-state index contributed by atoms with van der Waals surface area (Å²) in [6, 6.07) is 0. The van der Waals surface area contributed by atoms with Crippen molar-refractivity contribution in [3.8, 4) is 0 Å².